The molecule has 21 rings (SSSR count). The number of hydrogen-bond donors (Lipinski definition) is 0. The van der Waals surface area contributed by atoms with Gasteiger partial charge in [-0.2, -0.15) is 0 Å². The summed E-state index contributed by atoms with van der Waals surface area (Å²) in [6.07, 6.45) is 0. The zero-order chi connectivity index (χ0) is 67.7. The van der Waals surface area contributed by atoms with Crippen LogP contribution < -0.4 is 9.80 Å². The molecule has 0 saturated heterocycles. The van der Waals surface area contributed by atoms with Gasteiger partial charge in [-0.3, -0.25) is 0 Å². The topological polar surface area (TPSA) is 32.8 Å². The summed E-state index contributed by atoms with van der Waals surface area (Å²) in [7, 11) is 0. The quantitative estimate of drug-likeness (QED) is 0.122. The van der Waals surface area contributed by atoms with E-state index in [1.165, 1.54) is 98.1 Å². The Morgan fingerprint density at radius 3 is 1.20 bits per heavy atom. The van der Waals surface area contributed by atoms with Crippen LogP contribution in [0.25, 0.3) is 109 Å². The van der Waals surface area contributed by atoms with Gasteiger partial charge in [-0.15, -0.1) is 11.3 Å². The zero-order valence-corrected chi connectivity index (χ0v) is 56.7. The van der Waals surface area contributed by atoms with Crippen molar-refractivity contribution in [1.82, 2.24) is 0 Å². The van der Waals surface area contributed by atoms with Gasteiger partial charge in [0.25, 0.3) is 0 Å². The van der Waals surface area contributed by atoms with Gasteiger partial charge in [0, 0.05) is 69.9 Å². The van der Waals surface area contributed by atoms with Crippen molar-refractivity contribution in [3.8, 4) is 44.5 Å². The largest absolute Gasteiger partial charge is 0.454 e. The Kier molecular flexibility index (Phi) is 13.3. The highest BCUT2D eigenvalue weighted by Gasteiger charge is 2.48. The monoisotopic (exact) mass is 1330 g/mol. The van der Waals surface area contributed by atoms with Crippen molar-refractivity contribution in [3.05, 3.63) is 421 Å². The molecule has 0 amide bonds. The minimum absolute atomic E-state index is 0.557. The van der Waals surface area contributed by atoms with Crippen LogP contribution in [0, 0.1) is 0 Å². The first-order valence-electron chi connectivity index (χ1n) is 35.4. The standard InChI is InChI=1S/C98H62N2O2S/c1-5-27-64(28-6-1)97(65-29-7-2-8-30-65)83-45-18-13-35-72(83)74-59-57-69(61-85(74)97)99(68-33-11-4-12-34-68)87-47-20-15-37-76(87)81-43-23-44-82-93-71(40-26-52-92(93)103-96(81)82)63-53-55-67(56-54-63)98(66-31-9-3-10-32-66)84-46-19-14-36-73(84)75-60-58-70(62-86(75)98)100(88-48-24-41-79-77-38-16-21-50-90(77)101-94(79)88)89-49-25-42-80-78-39-17-22-51-91(78)102-95(80)89/h1-62H. The number of rotatable bonds is 12. The van der Waals surface area contributed by atoms with Crippen LogP contribution in [0.2, 0.25) is 0 Å². The predicted molar refractivity (Wildman–Crippen MR) is 429 cm³/mol. The molecule has 1 unspecified atom stereocenters. The zero-order valence-electron chi connectivity index (χ0n) is 55.9. The molecule has 2 aliphatic rings. The molecule has 0 saturated carbocycles. The fraction of sp³-hybridized carbons (Fsp3) is 0.0204. The Hall–Kier alpha value is -13.1. The molecule has 482 valence electrons. The van der Waals surface area contributed by atoms with Gasteiger partial charge in [0.2, 0.25) is 0 Å². The van der Waals surface area contributed by atoms with Crippen molar-refractivity contribution in [2.24, 2.45) is 0 Å². The van der Waals surface area contributed by atoms with E-state index in [4.69, 9.17) is 8.83 Å². The first-order valence-corrected chi connectivity index (χ1v) is 36.2. The summed E-state index contributed by atoms with van der Waals surface area (Å²) >= 11 is 1.88. The third-order valence-corrected chi connectivity index (χ3v) is 23.2. The van der Waals surface area contributed by atoms with Crippen LogP contribution in [-0.2, 0) is 10.8 Å². The van der Waals surface area contributed by atoms with E-state index in [0.717, 1.165) is 89.1 Å². The number of nitrogens with zero attached hydrogens (tertiary/aromatic N) is 2. The maximum atomic E-state index is 6.94. The lowest BCUT2D eigenvalue weighted by Gasteiger charge is -2.35. The second kappa shape index (κ2) is 23.3. The van der Waals surface area contributed by atoms with Gasteiger partial charge in [-0.05, 0) is 151 Å². The normalized spacial score (nSPS) is 14.1. The lowest BCUT2D eigenvalue weighted by atomic mass is 9.67. The summed E-state index contributed by atoms with van der Waals surface area (Å²) in [6, 6.07) is 139. The van der Waals surface area contributed by atoms with Crippen LogP contribution in [0.1, 0.15) is 44.5 Å². The summed E-state index contributed by atoms with van der Waals surface area (Å²) in [5.41, 5.74) is 27.6. The van der Waals surface area contributed by atoms with Crippen molar-refractivity contribution in [3.63, 3.8) is 0 Å². The van der Waals surface area contributed by atoms with E-state index in [9.17, 15) is 0 Å². The molecule has 0 N–H and O–H groups in total. The van der Waals surface area contributed by atoms with Crippen LogP contribution in [0.4, 0.5) is 34.1 Å². The third-order valence-electron chi connectivity index (χ3n) is 22.0. The molecular weight excluding hydrogens is 1270 g/mol. The van der Waals surface area contributed by atoms with E-state index in [0.29, 0.717) is 0 Å². The summed E-state index contributed by atoms with van der Waals surface area (Å²) < 4.78 is 16.4. The fourth-order valence-corrected chi connectivity index (χ4v) is 19.0. The van der Waals surface area contributed by atoms with E-state index >= 15 is 0 Å². The van der Waals surface area contributed by atoms with Gasteiger partial charge >= 0.3 is 0 Å². The number of anilines is 6. The Bertz CT molecular complexity index is 6420. The van der Waals surface area contributed by atoms with Gasteiger partial charge in [0.05, 0.1) is 27.9 Å². The van der Waals surface area contributed by atoms with Gasteiger partial charge in [0.1, 0.15) is 11.2 Å². The smallest absolute Gasteiger partial charge is 0.159 e. The van der Waals surface area contributed by atoms with Crippen molar-refractivity contribution < 1.29 is 8.83 Å². The number of hydrogen-bond acceptors (Lipinski definition) is 5. The fourth-order valence-electron chi connectivity index (χ4n) is 17.8. The third kappa shape index (κ3) is 8.70. The molecule has 0 aliphatic heterocycles. The van der Waals surface area contributed by atoms with Crippen molar-refractivity contribution in [1.29, 1.82) is 0 Å². The maximum absolute atomic E-state index is 6.94. The average Bonchev–Trinajstić information content (AvgIpc) is 1.55. The molecule has 5 heteroatoms. The Morgan fingerprint density at radius 1 is 0.243 bits per heavy atom. The van der Waals surface area contributed by atoms with Crippen LogP contribution in [0.5, 0.6) is 0 Å². The van der Waals surface area contributed by atoms with E-state index in [1.807, 2.05) is 23.5 Å². The van der Waals surface area contributed by atoms with Gasteiger partial charge < -0.3 is 18.6 Å². The molecule has 2 aliphatic carbocycles. The van der Waals surface area contributed by atoms with E-state index in [-0.39, 0.29) is 0 Å². The molecule has 4 nitrogen and oxygen atoms in total. The second-order valence-electron chi connectivity index (χ2n) is 27.2. The summed E-state index contributed by atoms with van der Waals surface area (Å²) in [5, 5.41) is 6.75. The van der Waals surface area contributed by atoms with E-state index in [2.05, 4.69) is 374 Å². The predicted octanol–water partition coefficient (Wildman–Crippen LogP) is 26.9. The maximum Gasteiger partial charge on any atom is 0.159 e. The Morgan fingerprint density at radius 2 is 0.641 bits per heavy atom. The van der Waals surface area contributed by atoms with E-state index < -0.39 is 10.8 Å². The molecule has 103 heavy (non-hydrogen) atoms. The van der Waals surface area contributed by atoms with Crippen LogP contribution >= 0.6 is 11.3 Å². The number of benzene rings is 16. The lowest BCUT2D eigenvalue weighted by molar-refractivity contribution is 0.666. The summed E-state index contributed by atoms with van der Waals surface area (Å²) in [6.45, 7) is 0. The molecule has 3 aromatic heterocycles. The van der Waals surface area contributed by atoms with Crippen molar-refractivity contribution in [2.45, 2.75) is 10.8 Å². The summed E-state index contributed by atoms with van der Waals surface area (Å²) in [4.78, 5) is 4.84. The highest BCUT2D eigenvalue weighted by atomic mass is 32.1. The van der Waals surface area contributed by atoms with Gasteiger partial charge in [-0.1, -0.05) is 303 Å². The second-order valence-corrected chi connectivity index (χ2v) is 28.3. The van der Waals surface area contributed by atoms with Gasteiger partial charge in [-0.25, -0.2) is 0 Å². The molecular formula is C98H62N2O2S. The molecule has 0 bridgehead atoms. The molecule has 1 atom stereocenters. The Balaban J connectivity index is 0.713. The van der Waals surface area contributed by atoms with Crippen molar-refractivity contribution in [2.75, 3.05) is 9.80 Å². The number of furan rings is 2. The first kappa shape index (κ1) is 58.9. The number of fused-ring (bicyclic) bond motifs is 15. The van der Waals surface area contributed by atoms with Crippen molar-refractivity contribution >= 4 is 110 Å². The highest BCUT2D eigenvalue weighted by molar-refractivity contribution is 7.26. The highest BCUT2D eigenvalue weighted by Crippen LogP contribution is 2.61. The van der Waals surface area contributed by atoms with Gasteiger partial charge in [0.15, 0.2) is 11.2 Å². The molecule has 0 radical (unpaired) electrons. The molecule has 19 aromatic rings. The molecule has 0 spiro atoms. The first-order chi connectivity index (χ1) is 51.1. The van der Waals surface area contributed by atoms with E-state index in [1.54, 1.807) is 0 Å². The van der Waals surface area contributed by atoms with Crippen LogP contribution in [-0.4, -0.2) is 0 Å². The molecule has 0 fully saturated rings. The minimum atomic E-state index is -0.723. The number of thiophene rings is 1. The summed E-state index contributed by atoms with van der Waals surface area (Å²) in [5.74, 6) is 0. The lowest BCUT2D eigenvalue weighted by Crippen LogP contribution is -2.28. The molecule has 16 aromatic carbocycles. The number of para-hydroxylation sites is 6. The Labute approximate surface area is 600 Å². The van der Waals surface area contributed by atoms with Crippen LogP contribution in [0.15, 0.2) is 385 Å². The minimum Gasteiger partial charge on any atom is -0.454 e. The molecule has 3 heterocycles. The SMILES string of the molecule is c1ccc(N(c2ccc3c(c2)C(c2ccccc2)(c2ccccc2)c2ccccc2-3)c2ccccc2-c2cccc3c2sc2cccc(-c4ccc(C5(c6ccccc6)c6ccccc6-c6ccc(N(c7cccc8c7oc7ccccc78)c7cccc8c7oc7ccccc78)cc65)cc4)c23)cc1. The van der Waals surface area contributed by atoms with Crippen LogP contribution in [0.3, 0.4) is 0 Å². The average molecular weight is 1330 g/mol.